The fourth-order valence-electron chi connectivity index (χ4n) is 3.20. The van der Waals surface area contributed by atoms with Gasteiger partial charge in [-0.15, -0.1) is 0 Å². The predicted octanol–water partition coefficient (Wildman–Crippen LogP) is 5.16. The molecule has 0 radical (unpaired) electrons. The van der Waals surface area contributed by atoms with E-state index in [1.54, 1.807) is 22.8 Å². The quantitative estimate of drug-likeness (QED) is 0.565. The van der Waals surface area contributed by atoms with Crippen molar-refractivity contribution in [3.63, 3.8) is 0 Å². The van der Waals surface area contributed by atoms with Gasteiger partial charge in [0, 0.05) is 22.7 Å². The van der Waals surface area contributed by atoms with Crippen LogP contribution in [0.5, 0.6) is 5.75 Å². The molecule has 29 heavy (non-hydrogen) atoms. The molecule has 5 nitrogen and oxygen atoms in total. The Hall–Kier alpha value is -3.34. The molecule has 0 fully saturated rings. The van der Waals surface area contributed by atoms with Gasteiger partial charge in [0.25, 0.3) is 5.91 Å². The molecule has 0 saturated heterocycles. The Balaban J connectivity index is 1.88. The van der Waals surface area contributed by atoms with E-state index in [0.29, 0.717) is 18.1 Å². The molecule has 0 aliphatic rings. The molecule has 2 aromatic carbocycles. The van der Waals surface area contributed by atoms with E-state index in [4.69, 9.17) is 9.84 Å². The predicted molar refractivity (Wildman–Crippen MR) is 114 cm³/mol. The highest BCUT2D eigenvalue weighted by molar-refractivity contribution is 6.05. The van der Waals surface area contributed by atoms with E-state index in [1.165, 1.54) is 0 Å². The monoisotopic (exact) mass is 391 g/mol. The summed E-state index contributed by atoms with van der Waals surface area (Å²) in [6, 6.07) is 14.6. The Morgan fingerprint density at radius 1 is 1.14 bits per heavy atom. The van der Waals surface area contributed by atoms with E-state index in [2.05, 4.69) is 13.8 Å². The van der Waals surface area contributed by atoms with Crippen LogP contribution in [0.25, 0.3) is 17.0 Å². The van der Waals surface area contributed by atoms with Crippen molar-refractivity contribution < 1.29 is 19.4 Å². The van der Waals surface area contributed by atoms with Crippen molar-refractivity contribution in [3.05, 3.63) is 71.4 Å². The van der Waals surface area contributed by atoms with Crippen LogP contribution >= 0.6 is 0 Å². The second-order valence-electron chi connectivity index (χ2n) is 7.43. The number of nitrogens with zero attached hydrogens (tertiary/aromatic N) is 1. The normalized spacial score (nSPS) is 11.4. The molecule has 3 rings (SSSR count). The molecule has 3 aromatic rings. The second kappa shape index (κ2) is 8.78. The van der Waals surface area contributed by atoms with Gasteiger partial charge >= 0.3 is 5.97 Å². The number of benzene rings is 2. The summed E-state index contributed by atoms with van der Waals surface area (Å²) in [5, 5.41) is 9.73. The number of aryl methyl sites for hydroxylation is 1. The van der Waals surface area contributed by atoms with Gasteiger partial charge in [0.05, 0.1) is 12.1 Å². The minimum Gasteiger partial charge on any atom is -0.494 e. The summed E-state index contributed by atoms with van der Waals surface area (Å²) in [7, 11) is 0. The zero-order valence-electron chi connectivity index (χ0n) is 16.9. The summed E-state index contributed by atoms with van der Waals surface area (Å²) in [5.74, 6) is 0.184. The highest BCUT2D eigenvalue weighted by Gasteiger charge is 2.16. The fraction of sp³-hybridized carbons (Fsp3) is 0.250. The number of carbonyl (C=O) groups excluding carboxylic acids is 1. The van der Waals surface area contributed by atoms with Crippen LogP contribution in [0.2, 0.25) is 0 Å². The van der Waals surface area contributed by atoms with Crippen molar-refractivity contribution in [2.45, 2.75) is 27.2 Å². The number of ether oxygens (including phenoxy) is 1. The van der Waals surface area contributed by atoms with Crippen LogP contribution in [0, 0.1) is 12.8 Å². The smallest absolute Gasteiger partial charge is 0.328 e. The average Bonchev–Trinajstić information content (AvgIpc) is 3.02. The lowest BCUT2D eigenvalue weighted by atomic mass is 10.1. The first-order valence-electron chi connectivity index (χ1n) is 9.66. The molecule has 1 heterocycles. The highest BCUT2D eigenvalue weighted by Crippen LogP contribution is 2.26. The van der Waals surface area contributed by atoms with Gasteiger partial charge in [-0.05, 0) is 67.3 Å². The third kappa shape index (κ3) is 4.74. The first-order valence-corrected chi connectivity index (χ1v) is 9.66. The molecule has 5 heteroatoms. The first-order chi connectivity index (χ1) is 13.9. The first kappa shape index (κ1) is 20.4. The lowest BCUT2D eigenvalue weighted by Gasteiger charge is -2.10. The third-order valence-electron chi connectivity index (χ3n) is 4.74. The van der Waals surface area contributed by atoms with E-state index >= 15 is 0 Å². The maximum absolute atomic E-state index is 13.1. The number of aliphatic carboxylic acids is 1. The number of carboxylic acid groups (broad SMARTS) is 1. The number of aromatic nitrogens is 1. The molecular weight excluding hydrogens is 366 g/mol. The van der Waals surface area contributed by atoms with Crippen molar-refractivity contribution in [1.29, 1.82) is 0 Å². The van der Waals surface area contributed by atoms with Gasteiger partial charge in [-0.3, -0.25) is 9.36 Å². The lowest BCUT2D eigenvalue weighted by molar-refractivity contribution is -0.131. The lowest BCUT2D eigenvalue weighted by Crippen LogP contribution is -2.13. The third-order valence-corrected chi connectivity index (χ3v) is 4.74. The molecule has 0 aliphatic heterocycles. The summed E-state index contributed by atoms with van der Waals surface area (Å²) >= 11 is 0. The van der Waals surface area contributed by atoms with Crippen molar-refractivity contribution >= 4 is 28.9 Å². The van der Waals surface area contributed by atoms with Gasteiger partial charge in [-0.1, -0.05) is 26.0 Å². The minimum atomic E-state index is -1.01. The van der Waals surface area contributed by atoms with Gasteiger partial charge in [-0.25, -0.2) is 4.79 Å². The molecule has 150 valence electrons. The second-order valence-corrected chi connectivity index (χ2v) is 7.43. The number of carbonyl (C=O) groups is 2. The van der Waals surface area contributed by atoms with Crippen LogP contribution in [-0.2, 0) is 4.79 Å². The Kier molecular flexibility index (Phi) is 6.17. The van der Waals surface area contributed by atoms with Gasteiger partial charge in [0.15, 0.2) is 0 Å². The Bertz CT molecular complexity index is 1060. The molecule has 0 atom stereocenters. The number of carboxylic acids is 1. The maximum Gasteiger partial charge on any atom is 0.328 e. The highest BCUT2D eigenvalue weighted by atomic mass is 16.5. The SMILES string of the molecule is Cc1cc2c(/C=C/C(=O)O)cccc2n1C(=O)c1ccc(OCCC(C)C)cc1. The van der Waals surface area contributed by atoms with E-state index < -0.39 is 5.97 Å². The number of rotatable bonds is 7. The topological polar surface area (TPSA) is 68.5 Å². The summed E-state index contributed by atoms with van der Waals surface area (Å²) in [6.45, 7) is 6.82. The van der Waals surface area contributed by atoms with Crippen molar-refractivity contribution in [2.75, 3.05) is 6.61 Å². The molecule has 0 unspecified atom stereocenters. The maximum atomic E-state index is 13.1. The van der Waals surface area contributed by atoms with Crippen LogP contribution in [0.15, 0.2) is 54.6 Å². The number of hydrogen-bond donors (Lipinski definition) is 1. The Morgan fingerprint density at radius 3 is 2.52 bits per heavy atom. The van der Waals surface area contributed by atoms with Crippen LogP contribution in [0.4, 0.5) is 0 Å². The van der Waals surface area contributed by atoms with Gasteiger partial charge in [0.1, 0.15) is 5.75 Å². The summed E-state index contributed by atoms with van der Waals surface area (Å²) in [4.78, 5) is 24.0. The number of hydrogen-bond acceptors (Lipinski definition) is 3. The zero-order valence-corrected chi connectivity index (χ0v) is 16.9. The molecule has 1 N–H and O–H groups in total. The Morgan fingerprint density at radius 2 is 1.86 bits per heavy atom. The molecule has 0 saturated carbocycles. The van der Waals surface area contributed by atoms with Gasteiger partial charge < -0.3 is 9.84 Å². The molecule has 0 aliphatic carbocycles. The van der Waals surface area contributed by atoms with Crippen molar-refractivity contribution in [3.8, 4) is 5.75 Å². The van der Waals surface area contributed by atoms with E-state index in [9.17, 15) is 9.59 Å². The molecule has 0 bridgehead atoms. The number of fused-ring (bicyclic) bond motifs is 1. The largest absolute Gasteiger partial charge is 0.494 e. The van der Waals surface area contributed by atoms with E-state index in [0.717, 1.165) is 40.4 Å². The van der Waals surface area contributed by atoms with Gasteiger partial charge in [0.2, 0.25) is 0 Å². The summed E-state index contributed by atoms with van der Waals surface area (Å²) in [6.07, 6.45) is 3.62. The van der Waals surface area contributed by atoms with Crippen LogP contribution < -0.4 is 4.74 Å². The molecule has 1 aromatic heterocycles. The van der Waals surface area contributed by atoms with E-state index in [-0.39, 0.29) is 5.91 Å². The minimum absolute atomic E-state index is 0.134. The Labute approximate surface area is 170 Å². The van der Waals surface area contributed by atoms with Gasteiger partial charge in [-0.2, -0.15) is 0 Å². The van der Waals surface area contributed by atoms with Crippen LogP contribution in [-0.4, -0.2) is 28.2 Å². The zero-order chi connectivity index (χ0) is 21.0. The summed E-state index contributed by atoms with van der Waals surface area (Å²) in [5.41, 5.74) is 2.86. The molecule has 0 spiro atoms. The molecular formula is C24H25NO4. The average molecular weight is 391 g/mol. The van der Waals surface area contributed by atoms with Crippen LogP contribution in [0.1, 0.15) is 41.9 Å². The van der Waals surface area contributed by atoms with Crippen molar-refractivity contribution in [1.82, 2.24) is 4.57 Å². The summed E-state index contributed by atoms with van der Waals surface area (Å²) < 4.78 is 7.38. The van der Waals surface area contributed by atoms with E-state index in [1.807, 2.05) is 43.3 Å². The molecule has 0 amide bonds. The standard InChI is InChI=1S/C24H25NO4/c1-16(2)13-14-29-20-10-7-19(8-11-20)24(28)25-17(3)15-21-18(9-12-23(26)27)5-4-6-22(21)25/h4-12,15-16H,13-14H2,1-3H3,(H,26,27)/b12-9+. The van der Waals surface area contributed by atoms with Crippen LogP contribution in [0.3, 0.4) is 0 Å². The van der Waals surface area contributed by atoms with Crippen molar-refractivity contribution in [2.24, 2.45) is 5.92 Å². The fourth-order valence-corrected chi connectivity index (χ4v) is 3.20.